The highest BCUT2D eigenvalue weighted by Crippen LogP contribution is 2.23. The standard InChI is InChI=1S/C20H19ClN4O/c21-16-4-6-17(7-5-16)24-10-12-25(13-11-24)20(26)23-19-3-1-2-15-14-22-9-8-18(15)19/h1-9,14H,10-13H2,(H,23,26). The minimum atomic E-state index is -0.0648. The molecule has 0 radical (unpaired) electrons. The van der Waals surface area contributed by atoms with Crippen LogP contribution in [0.1, 0.15) is 0 Å². The van der Waals surface area contributed by atoms with E-state index in [0.29, 0.717) is 13.1 Å². The van der Waals surface area contributed by atoms with Crippen LogP contribution in [0.4, 0.5) is 16.2 Å². The van der Waals surface area contributed by atoms with E-state index >= 15 is 0 Å². The van der Waals surface area contributed by atoms with Crippen molar-refractivity contribution in [2.45, 2.75) is 0 Å². The highest BCUT2D eigenvalue weighted by molar-refractivity contribution is 6.30. The molecular weight excluding hydrogens is 348 g/mol. The van der Waals surface area contributed by atoms with Crippen molar-refractivity contribution in [3.8, 4) is 0 Å². The largest absolute Gasteiger partial charge is 0.368 e. The second kappa shape index (κ2) is 7.22. The van der Waals surface area contributed by atoms with Gasteiger partial charge in [0.05, 0.1) is 5.69 Å². The number of nitrogens with one attached hydrogen (secondary N) is 1. The van der Waals surface area contributed by atoms with Crippen LogP contribution in [-0.2, 0) is 0 Å². The van der Waals surface area contributed by atoms with E-state index in [9.17, 15) is 4.79 Å². The van der Waals surface area contributed by atoms with Crippen LogP contribution in [0.25, 0.3) is 10.8 Å². The summed E-state index contributed by atoms with van der Waals surface area (Å²) in [7, 11) is 0. The number of hydrogen-bond acceptors (Lipinski definition) is 3. The number of benzene rings is 2. The maximum atomic E-state index is 12.7. The number of nitrogens with zero attached hydrogens (tertiary/aromatic N) is 3. The minimum absolute atomic E-state index is 0.0648. The monoisotopic (exact) mass is 366 g/mol. The van der Waals surface area contributed by atoms with Crippen LogP contribution in [0.5, 0.6) is 0 Å². The molecular formula is C20H19ClN4O. The van der Waals surface area contributed by atoms with E-state index < -0.39 is 0 Å². The molecule has 0 unspecified atom stereocenters. The lowest BCUT2D eigenvalue weighted by Crippen LogP contribution is -2.50. The Bertz CT molecular complexity index is 915. The first-order chi connectivity index (χ1) is 12.7. The number of anilines is 2. The highest BCUT2D eigenvalue weighted by Gasteiger charge is 2.21. The van der Waals surface area contributed by atoms with Crippen LogP contribution in [0.2, 0.25) is 5.02 Å². The second-order valence-corrected chi connectivity index (χ2v) is 6.72. The average Bonchev–Trinajstić information content (AvgIpc) is 2.69. The van der Waals surface area contributed by atoms with Crippen molar-refractivity contribution in [2.24, 2.45) is 0 Å². The highest BCUT2D eigenvalue weighted by atomic mass is 35.5. The fourth-order valence-corrected chi connectivity index (χ4v) is 3.37. The molecule has 0 spiro atoms. The van der Waals surface area contributed by atoms with Gasteiger partial charge in [0.25, 0.3) is 0 Å². The lowest BCUT2D eigenvalue weighted by Gasteiger charge is -2.36. The van der Waals surface area contributed by atoms with E-state index in [0.717, 1.165) is 40.3 Å². The zero-order valence-electron chi connectivity index (χ0n) is 14.2. The van der Waals surface area contributed by atoms with Crippen LogP contribution >= 0.6 is 11.6 Å². The summed E-state index contributed by atoms with van der Waals surface area (Å²) in [6.07, 6.45) is 3.54. The van der Waals surface area contributed by atoms with Crippen LogP contribution in [0.3, 0.4) is 0 Å². The molecule has 1 aromatic heterocycles. The molecule has 2 amide bonds. The zero-order chi connectivity index (χ0) is 17.9. The zero-order valence-corrected chi connectivity index (χ0v) is 15.0. The quantitative estimate of drug-likeness (QED) is 0.737. The number of piperazine rings is 1. The van der Waals surface area contributed by atoms with Gasteiger partial charge in [0.2, 0.25) is 0 Å². The first kappa shape index (κ1) is 16.7. The van der Waals surface area contributed by atoms with Gasteiger partial charge in [-0.05, 0) is 36.4 Å². The van der Waals surface area contributed by atoms with Gasteiger partial charge in [0.1, 0.15) is 0 Å². The predicted molar refractivity (Wildman–Crippen MR) is 106 cm³/mol. The first-order valence-corrected chi connectivity index (χ1v) is 8.98. The molecule has 5 nitrogen and oxygen atoms in total. The smallest absolute Gasteiger partial charge is 0.321 e. The van der Waals surface area contributed by atoms with Gasteiger partial charge in [-0.2, -0.15) is 0 Å². The summed E-state index contributed by atoms with van der Waals surface area (Å²) in [5.41, 5.74) is 1.95. The molecule has 1 N–H and O–H groups in total. The summed E-state index contributed by atoms with van der Waals surface area (Å²) < 4.78 is 0. The first-order valence-electron chi connectivity index (χ1n) is 8.60. The molecule has 6 heteroatoms. The fraction of sp³-hybridized carbons (Fsp3) is 0.200. The lowest BCUT2D eigenvalue weighted by molar-refractivity contribution is 0.208. The van der Waals surface area contributed by atoms with Crippen LogP contribution in [0.15, 0.2) is 60.9 Å². The minimum Gasteiger partial charge on any atom is -0.368 e. The Labute approximate surface area is 157 Å². The third kappa shape index (κ3) is 3.44. The molecule has 0 aliphatic carbocycles. The number of pyridine rings is 1. The Kier molecular flexibility index (Phi) is 4.63. The number of aromatic nitrogens is 1. The summed E-state index contributed by atoms with van der Waals surface area (Å²) in [5.74, 6) is 0. The molecule has 3 aromatic rings. The number of carbonyl (C=O) groups is 1. The number of halogens is 1. The van der Waals surface area contributed by atoms with Crippen molar-refractivity contribution < 1.29 is 4.79 Å². The summed E-state index contributed by atoms with van der Waals surface area (Å²) in [4.78, 5) is 20.9. The molecule has 132 valence electrons. The molecule has 2 heterocycles. The topological polar surface area (TPSA) is 48.5 Å². The number of rotatable bonds is 2. The SMILES string of the molecule is O=C(Nc1cccc2cnccc12)N1CCN(c2ccc(Cl)cc2)CC1. The van der Waals surface area contributed by atoms with Gasteiger partial charge in [-0.25, -0.2) is 4.79 Å². The second-order valence-electron chi connectivity index (χ2n) is 6.28. The molecule has 1 aliphatic heterocycles. The van der Waals surface area contributed by atoms with Crippen molar-refractivity contribution in [3.63, 3.8) is 0 Å². The van der Waals surface area contributed by atoms with Gasteiger partial charge < -0.3 is 15.1 Å². The lowest BCUT2D eigenvalue weighted by atomic mass is 10.1. The van der Waals surface area contributed by atoms with Gasteiger partial charge in [0.15, 0.2) is 0 Å². The number of fused-ring (bicyclic) bond motifs is 1. The number of hydrogen-bond donors (Lipinski definition) is 1. The Hall–Kier alpha value is -2.79. The van der Waals surface area contributed by atoms with Crippen molar-refractivity contribution in [3.05, 3.63) is 65.9 Å². The van der Waals surface area contributed by atoms with Gasteiger partial charge in [-0.1, -0.05) is 23.7 Å². The molecule has 1 aliphatic rings. The molecule has 2 aromatic carbocycles. The third-order valence-electron chi connectivity index (χ3n) is 4.68. The molecule has 0 atom stereocenters. The van der Waals surface area contributed by atoms with Crippen LogP contribution < -0.4 is 10.2 Å². The van der Waals surface area contributed by atoms with E-state index in [2.05, 4.69) is 15.2 Å². The van der Waals surface area contributed by atoms with Crippen molar-refractivity contribution >= 4 is 39.8 Å². The molecule has 26 heavy (non-hydrogen) atoms. The van der Waals surface area contributed by atoms with Crippen LogP contribution in [-0.4, -0.2) is 42.1 Å². The summed E-state index contributed by atoms with van der Waals surface area (Å²) in [5, 5.41) is 5.78. The molecule has 0 saturated carbocycles. The van der Waals surface area contributed by atoms with Crippen LogP contribution in [0, 0.1) is 0 Å². The van der Waals surface area contributed by atoms with Gasteiger partial charge in [-0.3, -0.25) is 4.98 Å². The summed E-state index contributed by atoms with van der Waals surface area (Å²) in [6.45, 7) is 2.96. The van der Waals surface area contributed by atoms with E-state index in [1.807, 2.05) is 53.4 Å². The van der Waals surface area contributed by atoms with Gasteiger partial charge in [0, 0.05) is 60.1 Å². The third-order valence-corrected chi connectivity index (χ3v) is 4.93. The molecule has 1 saturated heterocycles. The predicted octanol–water partition coefficient (Wildman–Crippen LogP) is 4.24. The Morgan fingerprint density at radius 2 is 1.77 bits per heavy atom. The van der Waals surface area contributed by atoms with E-state index in [1.54, 1.807) is 12.4 Å². The molecule has 1 fully saturated rings. The van der Waals surface area contributed by atoms with Gasteiger partial charge >= 0.3 is 6.03 Å². The van der Waals surface area contributed by atoms with Crippen molar-refractivity contribution in [2.75, 3.05) is 36.4 Å². The van der Waals surface area contributed by atoms with E-state index in [-0.39, 0.29) is 6.03 Å². The number of urea groups is 1. The maximum absolute atomic E-state index is 12.7. The fourth-order valence-electron chi connectivity index (χ4n) is 3.25. The molecule has 4 rings (SSSR count). The van der Waals surface area contributed by atoms with E-state index in [4.69, 9.17) is 11.6 Å². The van der Waals surface area contributed by atoms with E-state index in [1.165, 1.54) is 0 Å². The molecule has 0 bridgehead atoms. The number of carbonyl (C=O) groups excluding carboxylic acids is 1. The summed E-state index contributed by atoms with van der Waals surface area (Å²) in [6, 6.07) is 15.5. The Balaban J connectivity index is 1.41. The van der Waals surface area contributed by atoms with Gasteiger partial charge in [-0.15, -0.1) is 0 Å². The average molecular weight is 367 g/mol. The maximum Gasteiger partial charge on any atom is 0.321 e. The Morgan fingerprint density at radius 1 is 1.00 bits per heavy atom. The van der Waals surface area contributed by atoms with Crippen molar-refractivity contribution in [1.82, 2.24) is 9.88 Å². The summed E-state index contributed by atoms with van der Waals surface area (Å²) >= 11 is 5.95. The number of amides is 2. The Morgan fingerprint density at radius 3 is 2.54 bits per heavy atom. The normalized spacial score (nSPS) is 14.5. The van der Waals surface area contributed by atoms with Crippen molar-refractivity contribution in [1.29, 1.82) is 0 Å².